The zero-order valence-electron chi connectivity index (χ0n) is 8.51. The highest BCUT2D eigenvalue weighted by molar-refractivity contribution is 9.09. The highest BCUT2D eigenvalue weighted by atomic mass is 79.9. The summed E-state index contributed by atoms with van der Waals surface area (Å²) >= 11 is 4.94. The minimum absolute atomic E-state index is 0.289. The Labute approximate surface area is 105 Å². The summed E-state index contributed by atoms with van der Waals surface area (Å²) in [6, 6.07) is 5.47. The third-order valence-corrected chi connectivity index (χ3v) is 4.70. The molecule has 0 saturated carbocycles. The summed E-state index contributed by atoms with van der Waals surface area (Å²) in [4.78, 5) is 0.715. The molecule has 0 aliphatic rings. The van der Waals surface area contributed by atoms with Crippen molar-refractivity contribution in [2.45, 2.75) is 11.8 Å². The van der Waals surface area contributed by atoms with Crippen molar-refractivity contribution in [3.8, 4) is 0 Å². The Morgan fingerprint density at radius 2 is 2.00 bits per heavy atom. The second-order valence-electron chi connectivity index (χ2n) is 3.50. The van der Waals surface area contributed by atoms with Crippen LogP contribution in [0, 0.1) is 18.6 Å². The van der Waals surface area contributed by atoms with Crippen molar-refractivity contribution in [3.05, 3.63) is 57.3 Å². The fraction of sp³-hybridized carbons (Fsp3) is 0.167. The highest BCUT2D eigenvalue weighted by Gasteiger charge is 2.18. The first kappa shape index (κ1) is 11.7. The second-order valence-corrected chi connectivity index (χ2v) is 5.36. The van der Waals surface area contributed by atoms with Gasteiger partial charge >= 0.3 is 0 Å². The van der Waals surface area contributed by atoms with E-state index in [9.17, 15) is 8.78 Å². The van der Waals surface area contributed by atoms with Gasteiger partial charge < -0.3 is 0 Å². The average molecular weight is 303 g/mol. The summed E-state index contributed by atoms with van der Waals surface area (Å²) < 4.78 is 26.6. The van der Waals surface area contributed by atoms with E-state index in [2.05, 4.69) is 15.9 Å². The number of aryl methyl sites for hydroxylation is 1. The molecular weight excluding hydrogens is 294 g/mol. The van der Waals surface area contributed by atoms with Gasteiger partial charge in [-0.05, 0) is 42.1 Å². The molecular formula is C12H9BrF2S. The molecule has 1 unspecified atom stereocenters. The first-order valence-corrected chi connectivity index (χ1v) is 6.52. The Balaban J connectivity index is 2.45. The van der Waals surface area contributed by atoms with Crippen LogP contribution >= 0.6 is 27.3 Å². The normalized spacial score (nSPS) is 12.8. The molecule has 0 aliphatic heterocycles. The zero-order chi connectivity index (χ0) is 11.7. The van der Waals surface area contributed by atoms with Crippen LogP contribution in [0.1, 0.15) is 20.8 Å². The van der Waals surface area contributed by atoms with Crippen molar-refractivity contribution in [2.24, 2.45) is 0 Å². The molecule has 16 heavy (non-hydrogen) atoms. The van der Waals surface area contributed by atoms with Crippen LogP contribution in [-0.4, -0.2) is 0 Å². The predicted molar refractivity (Wildman–Crippen MR) is 66.2 cm³/mol. The van der Waals surface area contributed by atoms with Crippen LogP contribution in [-0.2, 0) is 0 Å². The van der Waals surface area contributed by atoms with E-state index in [0.717, 1.165) is 22.6 Å². The van der Waals surface area contributed by atoms with E-state index in [1.807, 2.05) is 18.4 Å². The van der Waals surface area contributed by atoms with E-state index in [0.29, 0.717) is 5.56 Å². The quantitative estimate of drug-likeness (QED) is 0.698. The third-order valence-electron chi connectivity index (χ3n) is 2.36. The molecule has 0 spiro atoms. The van der Waals surface area contributed by atoms with Gasteiger partial charge in [0.2, 0.25) is 0 Å². The maximum atomic E-state index is 13.6. The minimum atomic E-state index is -0.421. The van der Waals surface area contributed by atoms with Gasteiger partial charge in [-0.1, -0.05) is 15.9 Å². The second kappa shape index (κ2) is 4.63. The van der Waals surface area contributed by atoms with Crippen molar-refractivity contribution in [1.82, 2.24) is 0 Å². The van der Waals surface area contributed by atoms with Gasteiger partial charge in [0.15, 0.2) is 0 Å². The first-order chi connectivity index (χ1) is 7.59. The molecule has 1 aromatic carbocycles. The fourth-order valence-corrected chi connectivity index (χ4v) is 3.45. The van der Waals surface area contributed by atoms with Gasteiger partial charge in [-0.3, -0.25) is 0 Å². The molecule has 2 rings (SSSR count). The monoisotopic (exact) mass is 302 g/mol. The molecule has 0 amide bonds. The topological polar surface area (TPSA) is 0 Å². The zero-order valence-corrected chi connectivity index (χ0v) is 10.9. The van der Waals surface area contributed by atoms with Crippen LogP contribution in [0.3, 0.4) is 0 Å². The van der Waals surface area contributed by atoms with Crippen molar-refractivity contribution in [1.29, 1.82) is 0 Å². The maximum absolute atomic E-state index is 13.6. The first-order valence-electron chi connectivity index (χ1n) is 4.72. The molecule has 4 heteroatoms. The SMILES string of the molecule is Cc1ccsc1C(Br)c1cc(F)ccc1F. The Morgan fingerprint density at radius 3 is 2.62 bits per heavy atom. The highest BCUT2D eigenvalue weighted by Crippen LogP contribution is 2.37. The molecule has 0 aliphatic carbocycles. The number of rotatable bonds is 2. The van der Waals surface area contributed by atoms with Gasteiger partial charge in [0.1, 0.15) is 11.6 Å². The number of hydrogen-bond acceptors (Lipinski definition) is 1. The summed E-state index contributed by atoms with van der Waals surface area (Å²) in [5.41, 5.74) is 1.42. The smallest absolute Gasteiger partial charge is 0.128 e. The van der Waals surface area contributed by atoms with Crippen LogP contribution in [0.2, 0.25) is 0 Å². The van der Waals surface area contributed by atoms with Gasteiger partial charge in [0.25, 0.3) is 0 Å². The van der Waals surface area contributed by atoms with E-state index < -0.39 is 11.6 Å². The number of hydrogen-bond donors (Lipinski definition) is 0. The van der Waals surface area contributed by atoms with E-state index in [1.165, 1.54) is 17.4 Å². The third kappa shape index (κ3) is 2.18. The molecule has 0 nitrogen and oxygen atoms in total. The van der Waals surface area contributed by atoms with E-state index in [1.54, 1.807) is 0 Å². The lowest BCUT2D eigenvalue weighted by molar-refractivity contribution is 0.588. The standard InChI is InChI=1S/C12H9BrF2S/c1-7-4-5-16-12(7)11(13)9-6-8(14)2-3-10(9)15/h2-6,11H,1H3. The molecule has 1 atom stereocenters. The molecule has 1 aromatic heterocycles. The van der Waals surface area contributed by atoms with Crippen LogP contribution < -0.4 is 0 Å². The fourth-order valence-electron chi connectivity index (χ4n) is 1.49. The lowest BCUT2D eigenvalue weighted by Gasteiger charge is -2.10. The van der Waals surface area contributed by atoms with Crippen molar-refractivity contribution >= 4 is 27.3 Å². The van der Waals surface area contributed by atoms with Crippen LogP contribution in [0.5, 0.6) is 0 Å². The number of alkyl halides is 1. The summed E-state index contributed by atoms with van der Waals surface area (Å²) in [7, 11) is 0. The summed E-state index contributed by atoms with van der Waals surface area (Å²) in [5.74, 6) is -0.814. The lowest BCUT2D eigenvalue weighted by atomic mass is 10.1. The number of halogens is 3. The van der Waals surface area contributed by atoms with Crippen LogP contribution in [0.25, 0.3) is 0 Å². The Morgan fingerprint density at radius 1 is 1.25 bits per heavy atom. The van der Waals surface area contributed by atoms with Crippen molar-refractivity contribution < 1.29 is 8.78 Å². The molecule has 0 bridgehead atoms. The molecule has 1 heterocycles. The molecule has 0 saturated heterocycles. The van der Waals surface area contributed by atoms with Gasteiger partial charge in [-0.25, -0.2) is 8.78 Å². The van der Waals surface area contributed by atoms with Gasteiger partial charge in [0.05, 0.1) is 4.83 Å². The van der Waals surface area contributed by atoms with Gasteiger partial charge in [-0.15, -0.1) is 11.3 Å². The van der Waals surface area contributed by atoms with E-state index in [-0.39, 0.29) is 4.83 Å². The largest absolute Gasteiger partial charge is 0.207 e. The van der Waals surface area contributed by atoms with Gasteiger partial charge in [0, 0.05) is 10.4 Å². The summed E-state index contributed by atoms with van der Waals surface area (Å²) in [5, 5.41) is 1.94. The molecule has 0 N–H and O–H groups in total. The van der Waals surface area contributed by atoms with Crippen LogP contribution in [0.15, 0.2) is 29.6 Å². The van der Waals surface area contributed by atoms with Crippen molar-refractivity contribution in [3.63, 3.8) is 0 Å². The Kier molecular flexibility index (Phi) is 3.40. The van der Waals surface area contributed by atoms with E-state index >= 15 is 0 Å². The molecule has 84 valence electrons. The molecule has 2 aromatic rings. The summed E-state index contributed by atoms with van der Waals surface area (Å²) in [6.45, 7) is 1.96. The molecule has 0 radical (unpaired) electrons. The van der Waals surface area contributed by atoms with Crippen LogP contribution in [0.4, 0.5) is 8.78 Å². The lowest BCUT2D eigenvalue weighted by Crippen LogP contribution is -1.96. The van der Waals surface area contributed by atoms with Gasteiger partial charge in [-0.2, -0.15) is 0 Å². The minimum Gasteiger partial charge on any atom is -0.207 e. The number of benzene rings is 1. The average Bonchev–Trinajstić information content (AvgIpc) is 2.67. The Bertz CT molecular complexity index is 507. The Hall–Kier alpha value is -0.740. The maximum Gasteiger partial charge on any atom is 0.128 e. The summed E-state index contributed by atoms with van der Waals surface area (Å²) in [6.07, 6.45) is 0. The van der Waals surface area contributed by atoms with Crippen molar-refractivity contribution in [2.75, 3.05) is 0 Å². The number of thiophene rings is 1. The van der Waals surface area contributed by atoms with E-state index in [4.69, 9.17) is 0 Å². The predicted octanol–water partition coefficient (Wildman–Crippen LogP) is 4.82. The molecule has 0 fully saturated rings.